The molecule has 0 saturated heterocycles. The average Bonchev–Trinajstić information content (AvgIpc) is 3.27. The average molecular weight is 278 g/mol. The number of carbonyl (C=O) groups excluding carboxylic acids is 1. The number of carbonyl (C=O) groups is 1. The summed E-state index contributed by atoms with van der Waals surface area (Å²) in [7, 11) is 0. The third-order valence-corrected chi connectivity index (χ3v) is 3.03. The summed E-state index contributed by atoms with van der Waals surface area (Å²) in [4.78, 5) is 20.1. The first-order chi connectivity index (χ1) is 9.79. The van der Waals surface area contributed by atoms with Crippen molar-refractivity contribution in [3.63, 3.8) is 0 Å². The summed E-state index contributed by atoms with van der Waals surface area (Å²) in [6, 6.07) is 0. The van der Waals surface area contributed by atoms with Gasteiger partial charge in [-0.2, -0.15) is 0 Å². The van der Waals surface area contributed by atoms with Crippen LogP contribution in [0, 0.1) is 5.92 Å². The summed E-state index contributed by atoms with van der Waals surface area (Å²) in [5.41, 5.74) is 0.336. The fraction of sp³-hybridized carbons (Fsp3) is 0.643. The van der Waals surface area contributed by atoms with E-state index in [1.165, 1.54) is 19.0 Å². The first-order valence-electron chi connectivity index (χ1n) is 7.21. The normalized spacial score (nSPS) is 14.1. The van der Waals surface area contributed by atoms with Gasteiger partial charge in [0, 0.05) is 26.3 Å². The van der Waals surface area contributed by atoms with Crippen molar-refractivity contribution < 1.29 is 9.53 Å². The van der Waals surface area contributed by atoms with Crippen LogP contribution in [0.1, 0.15) is 36.7 Å². The summed E-state index contributed by atoms with van der Waals surface area (Å²) in [6.07, 6.45) is 6.50. The number of rotatable bonds is 9. The van der Waals surface area contributed by atoms with E-state index in [9.17, 15) is 4.79 Å². The number of nitrogens with zero attached hydrogens (tertiary/aromatic N) is 2. The van der Waals surface area contributed by atoms with Gasteiger partial charge in [0.2, 0.25) is 0 Å². The highest BCUT2D eigenvalue weighted by Crippen LogP contribution is 2.28. The lowest BCUT2D eigenvalue weighted by molar-refractivity contribution is 0.0932. The Bertz CT molecular complexity index is 435. The van der Waals surface area contributed by atoms with Crippen molar-refractivity contribution in [3.05, 3.63) is 18.1 Å². The Morgan fingerprint density at radius 3 is 3.05 bits per heavy atom. The second-order valence-electron chi connectivity index (χ2n) is 4.95. The van der Waals surface area contributed by atoms with Crippen LogP contribution in [0.5, 0.6) is 0 Å². The minimum Gasteiger partial charge on any atom is -0.381 e. The highest BCUT2D eigenvalue weighted by Gasteiger charge is 2.20. The van der Waals surface area contributed by atoms with Crippen molar-refractivity contribution >= 4 is 11.7 Å². The molecule has 1 saturated carbocycles. The maximum Gasteiger partial charge on any atom is 0.271 e. The summed E-state index contributed by atoms with van der Waals surface area (Å²) in [5, 5.41) is 5.85. The lowest BCUT2D eigenvalue weighted by Gasteiger charge is -2.07. The summed E-state index contributed by atoms with van der Waals surface area (Å²) < 4.78 is 5.51. The molecule has 0 aromatic carbocycles. The molecule has 1 aromatic heterocycles. The van der Waals surface area contributed by atoms with Crippen LogP contribution in [0.3, 0.4) is 0 Å². The molecule has 0 aliphatic heterocycles. The molecule has 0 unspecified atom stereocenters. The van der Waals surface area contributed by atoms with Crippen molar-refractivity contribution in [2.45, 2.75) is 26.2 Å². The Kier molecular flexibility index (Phi) is 5.73. The van der Waals surface area contributed by atoms with Gasteiger partial charge in [-0.15, -0.1) is 0 Å². The van der Waals surface area contributed by atoms with E-state index in [1.807, 2.05) is 6.92 Å². The van der Waals surface area contributed by atoms with Crippen LogP contribution in [0.25, 0.3) is 0 Å². The van der Waals surface area contributed by atoms with Gasteiger partial charge in [0.1, 0.15) is 11.5 Å². The van der Waals surface area contributed by atoms with E-state index in [0.29, 0.717) is 24.7 Å². The smallest absolute Gasteiger partial charge is 0.271 e. The number of ether oxygens (including phenoxy) is 1. The third-order valence-electron chi connectivity index (χ3n) is 3.03. The molecule has 6 nitrogen and oxygen atoms in total. The molecule has 0 bridgehead atoms. The molecular weight excluding hydrogens is 256 g/mol. The minimum atomic E-state index is -0.195. The van der Waals surface area contributed by atoms with Gasteiger partial charge in [-0.05, 0) is 32.1 Å². The van der Waals surface area contributed by atoms with Gasteiger partial charge in [0.15, 0.2) is 0 Å². The van der Waals surface area contributed by atoms with Crippen molar-refractivity contribution in [3.8, 4) is 0 Å². The van der Waals surface area contributed by atoms with Gasteiger partial charge in [-0.3, -0.25) is 9.78 Å². The molecule has 6 heteroatoms. The number of amides is 1. The molecule has 1 fully saturated rings. The Morgan fingerprint density at radius 2 is 2.30 bits per heavy atom. The molecule has 1 aliphatic carbocycles. The van der Waals surface area contributed by atoms with Crippen molar-refractivity contribution in [2.24, 2.45) is 5.92 Å². The first-order valence-corrected chi connectivity index (χ1v) is 7.21. The summed E-state index contributed by atoms with van der Waals surface area (Å²) in [5.74, 6) is 1.21. The number of aromatic nitrogens is 2. The molecule has 110 valence electrons. The highest BCUT2D eigenvalue weighted by atomic mass is 16.5. The van der Waals surface area contributed by atoms with Crippen molar-refractivity contribution in [1.29, 1.82) is 0 Å². The second kappa shape index (κ2) is 7.79. The fourth-order valence-corrected chi connectivity index (χ4v) is 1.74. The Labute approximate surface area is 119 Å². The zero-order chi connectivity index (χ0) is 14.2. The SMILES string of the molecule is CCNc1cncc(C(=O)NCCCOCC2CC2)n1. The summed E-state index contributed by atoms with van der Waals surface area (Å²) in [6.45, 7) is 4.87. The van der Waals surface area contributed by atoms with Crippen LogP contribution in [0.2, 0.25) is 0 Å². The molecule has 2 N–H and O–H groups in total. The van der Waals surface area contributed by atoms with Crippen LogP contribution >= 0.6 is 0 Å². The van der Waals surface area contributed by atoms with Gasteiger partial charge >= 0.3 is 0 Å². The maximum absolute atomic E-state index is 11.9. The molecule has 1 amide bonds. The molecule has 1 heterocycles. The molecular formula is C14H22N4O2. The lowest BCUT2D eigenvalue weighted by Crippen LogP contribution is -2.26. The van der Waals surface area contributed by atoms with Gasteiger partial charge in [-0.1, -0.05) is 0 Å². The van der Waals surface area contributed by atoms with Gasteiger partial charge < -0.3 is 15.4 Å². The quantitative estimate of drug-likeness (QED) is 0.669. The summed E-state index contributed by atoms with van der Waals surface area (Å²) >= 11 is 0. The number of hydrogen-bond acceptors (Lipinski definition) is 5. The van der Waals surface area contributed by atoms with Crippen LogP contribution in [0.15, 0.2) is 12.4 Å². The number of nitrogens with one attached hydrogen (secondary N) is 2. The van der Waals surface area contributed by atoms with E-state index >= 15 is 0 Å². The third kappa shape index (κ3) is 5.13. The Balaban J connectivity index is 1.64. The second-order valence-corrected chi connectivity index (χ2v) is 4.95. The molecule has 1 aliphatic rings. The van der Waals surface area contributed by atoms with E-state index in [1.54, 1.807) is 6.20 Å². The van der Waals surface area contributed by atoms with Crippen LogP contribution < -0.4 is 10.6 Å². The lowest BCUT2D eigenvalue weighted by atomic mass is 10.4. The van der Waals surface area contributed by atoms with E-state index in [0.717, 1.165) is 25.5 Å². The number of hydrogen-bond donors (Lipinski definition) is 2. The molecule has 0 radical (unpaired) electrons. The maximum atomic E-state index is 11.9. The van der Waals surface area contributed by atoms with E-state index in [4.69, 9.17) is 4.74 Å². The van der Waals surface area contributed by atoms with E-state index in [2.05, 4.69) is 20.6 Å². The zero-order valence-electron chi connectivity index (χ0n) is 11.9. The molecule has 2 rings (SSSR count). The predicted molar refractivity (Wildman–Crippen MR) is 76.7 cm³/mol. The standard InChI is InChI=1S/C14H22N4O2/c1-2-16-13-9-15-8-12(18-13)14(19)17-6-3-7-20-10-11-4-5-11/h8-9,11H,2-7,10H2,1H3,(H,16,18)(H,17,19). The largest absolute Gasteiger partial charge is 0.381 e. The first kappa shape index (κ1) is 14.7. The molecule has 1 aromatic rings. The Morgan fingerprint density at radius 1 is 1.45 bits per heavy atom. The van der Waals surface area contributed by atoms with E-state index < -0.39 is 0 Å². The monoisotopic (exact) mass is 278 g/mol. The van der Waals surface area contributed by atoms with Crippen LogP contribution in [0.4, 0.5) is 5.82 Å². The van der Waals surface area contributed by atoms with Crippen LogP contribution in [-0.2, 0) is 4.74 Å². The molecule has 0 atom stereocenters. The van der Waals surface area contributed by atoms with Gasteiger partial charge in [0.05, 0.1) is 12.4 Å². The van der Waals surface area contributed by atoms with Crippen molar-refractivity contribution in [1.82, 2.24) is 15.3 Å². The highest BCUT2D eigenvalue weighted by molar-refractivity contribution is 5.92. The fourth-order valence-electron chi connectivity index (χ4n) is 1.74. The minimum absolute atomic E-state index is 0.195. The van der Waals surface area contributed by atoms with Crippen molar-refractivity contribution in [2.75, 3.05) is 31.6 Å². The topological polar surface area (TPSA) is 76.1 Å². The Hall–Kier alpha value is -1.69. The zero-order valence-corrected chi connectivity index (χ0v) is 11.9. The van der Waals surface area contributed by atoms with Gasteiger partial charge in [-0.25, -0.2) is 4.98 Å². The molecule has 20 heavy (non-hydrogen) atoms. The van der Waals surface area contributed by atoms with E-state index in [-0.39, 0.29) is 5.91 Å². The number of anilines is 1. The molecule has 0 spiro atoms. The predicted octanol–water partition coefficient (Wildman–Crippen LogP) is 1.45. The van der Waals surface area contributed by atoms with Gasteiger partial charge in [0.25, 0.3) is 5.91 Å². The van der Waals surface area contributed by atoms with Crippen LogP contribution in [-0.4, -0.2) is 42.2 Å².